The topological polar surface area (TPSA) is 67.6 Å². The number of urea groups is 1. The summed E-state index contributed by atoms with van der Waals surface area (Å²) in [4.78, 5) is 13.7. The Morgan fingerprint density at radius 2 is 1.81 bits per heavy atom. The van der Waals surface area contributed by atoms with E-state index in [1.165, 1.54) is 4.90 Å². The fourth-order valence-corrected chi connectivity index (χ4v) is 4.63. The zero-order chi connectivity index (χ0) is 15.5. The standard InChI is InChI=1S/C14H21N2O4P/c1-4-19-21(18,20-5-2)13-11(3)16(13)14(17)15-12-9-7-6-8-10-12/h6-11,13H,4-5H2,1-3H3,(H,15,17)/t11-,13+,16?/m1/s1. The number of carbonyl (C=O) groups is 1. The predicted molar refractivity (Wildman–Crippen MR) is 81.4 cm³/mol. The highest BCUT2D eigenvalue weighted by Gasteiger charge is 2.60. The van der Waals surface area contributed by atoms with E-state index in [2.05, 4.69) is 5.32 Å². The maximum Gasteiger partial charge on any atom is 0.355 e. The lowest BCUT2D eigenvalue weighted by atomic mass is 10.3. The number of nitrogens with zero attached hydrogens (tertiary/aromatic N) is 1. The number of amides is 2. The smallest absolute Gasteiger partial charge is 0.308 e. The number of benzene rings is 1. The van der Waals surface area contributed by atoms with Gasteiger partial charge in [-0.25, -0.2) is 4.79 Å². The molecule has 6 nitrogen and oxygen atoms in total. The number of para-hydroxylation sites is 1. The molecule has 0 unspecified atom stereocenters. The Labute approximate surface area is 125 Å². The highest BCUT2D eigenvalue weighted by Crippen LogP contribution is 2.62. The van der Waals surface area contributed by atoms with E-state index in [1.54, 1.807) is 26.0 Å². The average molecular weight is 312 g/mol. The monoisotopic (exact) mass is 312 g/mol. The van der Waals surface area contributed by atoms with Crippen LogP contribution in [-0.4, -0.2) is 36.0 Å². The Morgan fingerprint density at radius 1 is 1.24 bits per heavy atom. The van der Waals surface area contributed by atoms with Crippen molar-refractivity contribution in [3.05, 3.63) is 30.3 Å². The quantitative estimate of drug-likeness (QED) is 0.644. The normalized spacial score (nSPS) is 21.2. The van der Waals surface area contributed by atoms with E-state index in [-0.39, 0.29) is 25.3 Å². The lowest BCUT2D eigenvalue weighted by Crippen LogP contribution is -2.22. The second-order valence-electron chi connectivity index (χ2n) is 4.73. The number of hydrogen-bond donors (Lipinski definition) is 1. The molecule has 21 heavy (non-hydrogen) atoms. The lowest BCUT2D eigenvalue weighted by molar-refractivity contribution is 0.211. The lowest BCUT2D eigenvalue weighted by Gasteiger charge is -2.16. The van der Waals surface area contributed by atoms with E-state index in [0.717, 1.165) is 0 Å². The molecule has 116 valence electrons. The molecule has 0 bridgehead atoms. The van der Waals surface area contributed by atoms with Crippen LogP contribution >= 0.6 is 7.60 Å². The molecule has 1 aliphatic rings. The maximum atomic E-state index is 12.7. The number of rotatable bonds is 6. The van der Waals surface area contributed by atoms with E-state index >= 15 is 0 Å². The van der Waals surface area contributed by atoms with Gasteiger partial charge in [-0.3, -0.25) is 4.57 Å². The van der Waals surface area contributed by atoms with Crippen LogP contribution in [0.4, 0.5) is 10.5 Å². The molecule has 0 saturated carbocycles. The second-order valence-corrected chi connectivity index (χ2v) is 6.86. The van der Waals surface area contributed by atoms with Gasteiger partial charge in [-0.1, -0.05) is 18.2 Å². The summed E-state index contributed by atoms with van der Waals surface area (Å²) in [6, 6.07) is 8.68. The van der Waals surface area contributed by atoms with Crippen molar-refractivity contribution in [2.24, 2.45) is 0 Å². The van der Waals surface area contributed by atoms with Crippen molar-refractivity contribution >= 4 is 19.3 Å². The summed E-state index contributed by atoms with van der Waals surface area (Å²) >= 11 is 0. The molecule has 2 amide bonds. The van der Waals surface area contributed by atoms with Crippen LogP contribution in [0.15, 0.2) is 30.3 Å². The minimum Gasteiger partial charge on any atom is -0.308 e. The molecule has 1 aromatic carbocycles. The first kappa shape index (κ1) is 16.0. The Morgan fingerprint density at radius 3 is 2.33 bits per heavy atom. The summed E-state index contributed by atoms with van der Waals surface area (Å²) < 4.78 is 23.3. The third kappa shape index (κ3) is 3.46. The van der Waals surface area contributed by atoms with Gasteiger partial charge in [0.2, 0.25) is 0 Å². The number of anilines is 1. The first-order chi connectivity index (χ1) is 10.0. The van der Waals surface area contributed by atoms with Crippen molar-refractivity contribution in [1.82, 2.24) is 4.90 Å². The number of hydrogen-bond acceptors (Lipinski definition) is 4. The Hall–Kier alpha value is -1.36. The van der Waals surface area contributed by atoms with Crippen molar-refractivity contribution < 1.29 is 18.4 Å². The van der Waals surface area contributed by atoms with Crippen LogP contribution in [0.2, 0.25) is 0 Å². The molecule has 1 saturated heterocycles. The van der Waals surface area contributed by atoms with Gasteiger partial charge in [-0.2, -0.15) is 0 Å². The minimum atomic E-state index is -3.29. The van der Waals surface area contributed by atoms with E-state index in [4.69, 9.17) is 9.05 Å². The predicted octanol–water partition coefficient (Wildman–Crippen LogP) is 3.51. The number of carbonyl (C=O) groups excluding carboxylic acids is 1. The van der Waals surface area contributed by atoms with Crippen LogP contribution in [0.5, 0.6) is 0 Å². The van der Waals surface area contributed by atoms with Gasteiger partial charge in [0.1, 0.15) is 0 Å². The van der Waals surface area contributed by atoms with Crippen molar-refractivity contribution in [2.45, 2.75) is 32.6 Å². The zero-order valence-corrected chi connectivity index (χ0v) is 13.4. The highest BCUT2D eigenvalue weighted by atomic mass is 31.2. The molecule has 1 aliphatic heterocycles. The molecule has 0 radical (unpaired) electrons. The van der Waals surface area contributed by atoms with Crippen LogP contribution in [0, 0.1) is 0 Å². The van der Waals surface area contributed by atoms with Gasteiger partial charge in [0.15, 0.2) is 5.78 Å². The highest BCUT2D eigenvalue weighted by molar-refractivity contribution is 7.55. The van der Waals surface area contributed by atoms with Gasteiger partial charge in [-0.05, 0) is 32.9 Å². The SMILES string of the molecule is CCOP(=O)(OCC)[C@H]1[C@@H](C)N1C(=O)Nc1ccccc1. The molecule has 1 fully saturated rings. The van der Waals surface area contributed by atoms with Crippen molar-refractivity contribution in [2.75, 3.05) is 18.5 Å². The van der Waals surface area contributed by atoms with E-state index in [0.29, 0.717) is 5.69 Å². The average Bonchev–Trinajstić information content (AvgIpc) is 3.13. The zero-order valence-electron chi connectivity index (χ0n) is 12.5. The van der Waals surface area contributed by atoms with Gasteiger partial charge in [0, 0.05) is 5.69 Å². The molecule has 1 N–H and O–H groups in total. The molecule has 0 spiro atoms. The van der Waals surface area contributed by atoms with Crippen LogP contribution in [0.1, 0.15) is 20.8 Å². The largest absolute Gasteiger partial charge is 0.355 e. The van der Waals surface area contributed by atoms with Gasteiger partial charge in [0.25, 0.3) is 0 Å². The third-order valence-electron chi connectivity index (χ3n) is 3.27. The Balaban J connectivity index is 2.05. The van der Waals surface area contributed by atoms with Crippen LogP contribution in [0.3, 0.4) is 0 Å². The summed E-state index contributed by atoms with van der Waals surface area (Å²) in [7, 11) is -3.29. The van der Waals surface area contributed by atoms with Crippen LogP contribution in [-0.2, 0) is 13.6 Å². The molecule has 0 aliphatic carbocycles. The summed E-state index contributed by atoms with van der Waals surface area (Å²) in [6.07, 6.45) is 0. The summed E-state index contributed by atoms with van der Waals surface area (Å²) in [6.45, 7) is 5.92. The molecule has 2 rings (SSSR count). The third-order valence-corrected chi connectivity index (χ3v) is 5.83. The molecular formula is C14H21N2O4P. The molecule has 7 heteroatoms. The van der Waals surface area contributed by atoms with Gasteiger partial charge in [-0.15, -0.1) is 0 Å². The summed E-state index contributed by atoms with van der Waals surface area (Å²) in [5.74, 6) is -0.513. The van der Waals surface area contributed by atoms with Crippen molar-refractivity contribution in [3.63, 3.8) is 0 Å². The summed E-state index contributed by atoms with van der Waals surface area (Å²) in [5.41, 5.74) is 0.697. The fourth-order valence-electron chi connectivity index (χ4n) is 2.31. The molecule has 1 heterocycles. The first-order valence-electron chi connectivity index (χ1n) is 7.06. The van der Waals surface area contributed by atoms with Crippen LogP contribution in [0.25, 0.3) is 0 Å². The van der Waals surface area contributed by atoms with Gasteiger partial charge < -0.3 is 19.3 Å². The van der Waals surface area contributed by atoms with E-state index < -0.39 is 13.4 Å². The maximum absolute atomic E-state index is 12.7. The van der Waals surface area contributed by atoms with Crippen molar-refractivity contribution in [1.29, 1.82) is 0 Å². The van der Waals surface area contributed by atoms with Crippen molar-refractivity contribution in [3.8, 4) is 0 Å². The minimum absolute atomic E-state index is 0.169. The first-order valence-corrected chi connectivity index (χ1v) is 8.67. The molecular weight excluding hydrogens is 291 g/mol. The van der Waals surface area contributed by atoms with E-state index in [9.17, 15) is 9.36 Å². The number of nitrogens with one attached hydrogen (secondary N) is 1. The molecule has 1 aromatic rings. The van der Waals surface area contributed by atoms with Gasteiger partial charge in [0.05, 0.1) is 19.3 Å². The second kappa shape index (κ2) is 6.60. The van der Waals surface area contributed by atoms with Gasteiger partial charge >= 0.3 is 13.6 Å². The molecule has 2 atom stereocenters. The Bertz CT molecular complexity index is 527. The summed E-state index contributed by atoms with van der Waals surface area (Å²) in [5, 5.41) is 2.78. The van der Waals surface area contributed by atoms with Crippen LogP contribution < -0.4 is 5.32 Å². The fraction of sp³-hybridized carbons (Fsp3) is 0.500. The Kier molecular flexibility index (Phi) is 5.04. The molecule has 0 aromatic heterocycles. The van der Waals surface area contributed by atoms with E-state index in [1.807, 2.05) is 25.1 Å².